The lowest BCUT2D eigenvalue weighted by Crippen LogP contribution is -2.47. The van der Waals surface area contributed by atoms with E-state index in [0.29, 0.717) is 31.8 Å². The SMILES string of the molecule is CN(CC(=O)N(Cc1ccc(Cl)cc1)[C@@H](C(=O)NCc1ccc(Cl)cc1Cl)c1ccccc1)S(C)(=O)=O. The van der Waals surface area contributed by atoms with Crippen LogP contribution in [0.1, 0.15) is 22.7 Å². The van der Waals surface area contributed by atoms with Gasteiger partial charge in [-0.1, -0.05) is 83.3 Å². The highest BCUT2D eigenvalue weighted by atomic mass is 35.5. The minimum atomic E-state index is -3.63. The number of carbonyl (C=O) groups excluding carboxylic acids is 2. The van der Waals surface area contributed by atoms with Crippen LogP contribution in [0.3, 0.4) is 0 Å². The van der Waals surface area contributed by atoms with Gasteiger partial charge in [0.15, 0.2) is 0 Å². The van der Waals surface area contributed by atoms with E-state index in [9.17, 15) is 18.0 Å². The van der Waals surface area contributed by atoms with Crippen LogP contribution < -0.4 is 5.32 Å². The van der Waals surface area contributed by atoms with Crippen molar-refractivity contribution in [3.05, 3.63) is 105 Å². The number of halogens is 3. The molecule has 0 unspecified atom stereocenters. The Kier molecular flexibility index (Phi) is 9.98. The molecule has 3 aromatic rings. The summed E-state index contributed by atoms with van der Waals surface area (Å²) < 4.78 is 25.0. The number of rotatable bonds is 10. The minimum Gasteiger partial charge on any atom is -0.350 e. The monoisotopic (exact) mass is 581 g/mol. The molecule has 37 heavy (non-hydrogen) atoms. The molecule has 0 bridgehead atoms. The number of hydrogen-bond acceptors (Lipinski definition) is 4. The Hall–Kier alpha value is -2.62. The Morgan fingerprint density at radius 1 is 0.919 bits per heavy atom. The van der Waals surface area contributed by atoms with E-state index in [4.69, 9.17) is 34.8 Å². The zero-order valence-corrected chi connectivity index (χ0v) is 23.3. The Balaban J connectivity index is 1.98. The van der Waals surface area contributed by atoms with Gasteiger partial charge in [-0.2, -0.15) is 4.31 Å². The maximum Gasteiger partial charge on any atom is 0.247 e. The molecule has 7 nitrogen and oxygen atoms in total. The largest absolute Gasteiger partial charge is 0.350 e. The zero-order chi connectivity index (χ0) is 27.2. The van der Waals surface area contributed by atoms with Gasteiger partial charge in [0.1, 0.15) is 6.04 Å². The molecular formula is C26H26Cl3N3O4S. The first-order chi connectivity index (χ1) is 17.5. The number of benzene rings is 3. The van der Waals surface area contributed by atoms with Crippen molar-refractivity contribution in [1.29, 1.82) is 0 Å². The molecule has 2 amide bonds. The molecule has 11 heteroatoms. The van der Waals surface area contributed by atoms with Crippen LogP contribution in [0, 0.1) is 0 Å². The van der Waals surface area contributed by atoms with E-state index in [1.54, 1.807) is 72.8 Å². The second-order valence-electron chi connectivity index (χ2n) is 8.43. The molecule has 0 heterocycles. The average molecular weight is 583 g/mol. The fraction of sp³-hybridized carbons (Fsp3) is 0.231. The van der Waals surface area contributed by atoms with Gasteiger partial charge in [-0.05, 0) is 41.0 Å². The van der Waals surface area contributed by atoms with Crippen LogP contribution in [0.4, 0.5) is 0 Å². The first-order valence-corrected chi connectivity index (χ1v) is 14.2. The van der Waals surface area contributed by atoms with Crippen molar-refractivity contribution < 1.29 is 18.0 Å². The summed E-state index contributed by atoms with van der Waals surface area (Å²) in [7, 11) is -2.32. The minimum absolute atomic E-state index is 0.0439. The molecule has 0 aliphatic rings. The third-order valence-electron chi connectivity index (χ3n) is 5.65. The van der Waals surface area contributed by atoms with Gasteiger partial charge in [0, 0.05) is 35.2 Å². The van der Waals surface area contributed by atoms with Gasteiger partial charge in [-0.15, -0.1) is 0 Å². The lowest BCUT2D eigenvalue weighted by atomic mass is 10.0. The molecule has 0 spiro atoms. The smallest absolute Gasteiger partial charge is 0.247 e. The van der Waals surface area contributed by atoms with E-state index in [1.807, 2.05) is 0 Å². The van der Waals surface area contributed by atoms with Gasteiger partial charge in [0.05, 0.1) is 12.8 Å². The first kappa shape index (κ1) is 28.9. The Morgan fingerprint density at radius 2 is 1.54 bits per heavy atom. The van der Waals surface area contributed by atoms with E-state index in [2.05, 4.69) is 5.32 Å². The van der Waals surface area contributed by atoms with Crippen LogP contribution in [0.15, 0.2) is 72.8 Å². The maximum absolute atomic E-state index is 13.6. The molecule has 0 aromatic heterocycles. The molecule has 1 atom stereocenters. The maximum atomic E-state index is 13.6. The summed E-state index contributed by atoms with van der Waals surface area (Å²) in [6.07, 6.45) is 1.01. The quantitative estimate of drug-likeness (QED) is 0.368. The van der Waals surface area contributed by atoms with Gasteiger partial charge >= 0.3 is 0 Å². The Labute approximate surface area is 232 Å². The molecular weight excluding hydrogens is 557 g/mol. The van der Waals surface area contributed by atoms with Gasteiger partial charge in [-0.3, -0.25) is 9.59 Å². The molecule has 1 N–H and O–H groups in total. The normalized spacial score (nSPS) is 12.3. The standard InChI is InChI=1S/C26H26Cl3N3O4S/c1-31(37(2,35)36)17-24(33)32(16-18-8-11-21(27)12-9-18)25(19-6-4-3-5-7-19)26(34)30-15-20-10-13-22(28)14-23(20)29/h3-14,25H,15-17H2,1-2H3,(H,30,34)/t25-/m1/s1. The fourth-order valence-electron chi connectivity index (χ4n) is 3.56. The molecule has 0 aliphatic heterocycles. The zero-order valence-electron chi connectivity index (χ0n) is 20.2. The second-order valence-corrected chi connectivity index (χ2v) is 11.8. The van der Waals surface area contributed by atoms with Crippen LogP contribution in [0.2, 0.25) is 15.1 Å². The molecule has 0 radical (unpaired) electrons. The van der Waals surface area contributed by atoms with Gasteiger partial charge < -0.3 is 10.2 Å². The predicted molar refractivity (Wildman–Crippen MR) is 147 cm³/mol. The van der Waals surface area contributed by atoms with Crippen molar-refractivity contribution in [2.45, 2.75) is 19.1 Å². The number of nitrogens with zero attached hydrogens (tertiary/aromatic N) is 2. The highest BCUT2D eigenvalue weighted by Gasteiger charge is 2.33. The number of carbonyl (C=O) groups is 2. The van der Waals surface area contributed by atoms with E-state index in [0.717, 1.165) is 10.6 Å². The number of hydrogen-bond donors (Lipinski definition) is 1. The molecule has 196 valence electrons. The molecule has 3 aromatic carbocycles. The van der Waals surface area contributed by atoms with E-state index >= 15 is 0 Å². The third kappa shape index (κ3) is 8.18. The highest BCUT2D eigenvalue weighted by molar-refractivity contribution is 7.88. The molecule has 0 aliphatic carbocycles. The Morgan fingerprint density at radius 3 is 2.14 bits per heavy atom. The first-order valence-electron chi connectivity index (χ1n) is 11.2. The predicted octanol–water partition coefficient (Wildman–Crippen LogP) is 4.92. The lowest BCUT2D eigenvalue weighted by Gasteiger charge is -2.32. The van der Waals surface area contributed by atoms with Gasteiger partial charge in [0.2, 0.25) is 21.8 Å². The third-order valence-corrected chi connectivity index (χ3v) is 7.75. The van der Waals surface area contributed by atoms with Crippen LogP contribution in [-0.4, -0.2) is 49.3 Å². The highest BCUT2D eigenvalue weighted by Crippen LogP contribution is 2.26. The van der Waals surface area contributed by atoms with Crippen molar-refractivity contribution in [2.75, 3.05) is 19.8 Å². The fourth-order valence-corrected chi connectivity index (χ4v) is 4.51. The van der Waals surface area contributed by atoms with Crippen molar-refractivity contribution in [1.82, 2.24) is 14.5 Å². The average Bonchev–Trinajstić information content (AvgIpc) is 2.84. The summed E-state index contributed by atoms with van der Waals surface area (Å²) in [6.45, 7) is -0.293. The van der Waals surface area contributed by atoms with Gasteiger partial charge in [0.25, 0.3) is 0 Å². The summed E-state index contributed by atoms with van der Waals surface area (Å²) >= 11 is 18.3. The second kappa shape index (κ2) is 12.8. The van der Waals surface area contributed by atoms with E-state index in [-0.39, 0.29) is 13.1 Å². The molecule has 0 saturated carbocycles. The van der Waals surface area contributed by atoms with Crippen LogP contribution in [-0.2, 0) is 32.7 Å². The topological polar surface area (TPSA) is 86.8 Å². The summed E-state index contributed by atoms with van der Waals surface area (Å²) in [5.41, 5.74) is 1.93. The van der Waals surface area contributed by atoms with Crippen molar-refractivity contribution >= 4 is 56.6 Å². The summed E-state index contributed by atoms with van der Waals surface area (Å²) in [4.78, 5) is 28.5. The molecule has 0 fully saturated rings. The van der Waals surface area contributed by atoms with Crippen LogP contribution >= 0.6 is 34.8 Å². The number of sulfonamides is 1. The van der Waals surface area contributed by atoms with Crippen molar-refractivity contribution in [3.8, 4) is 0 Å². The number of nitrogens with one attached hydrogen (secondary N) is 1. The molecule has 3 rings (SSSR count). The molecule has 0 saturated heterocycles. The van der Waals surface area contributed by atoms with Crippen LogP contribution in [0.5, 0.6) is 0 Å². The van der Waals surface area contributed by atoms with E-state index in [1.165, 1.54) is 11.9 Å². The number of amides is 2. The van der Waals surface area contributed by atoms with Crippen LogP contribution in [0.25, 0.3) is 0 Å². The number of likely N-dealkylation sites (N-methyl/N-ethyl adjacent to an activating group) is 1. The van der Waals surface area contributed by atoms with E-state index < -0.39 is 34.4 Å². The lowest BCUT2D eigenvalue weighted by molar-refractivity contribution is -0.141. The summed E-state index contributed by atoms with van der Waals surface area (Å²) in [5.74, 6) is -1.00. The summed E-state index contributed by atoms with van der Waals surface area (Å²) in [6, 6.07) is 19.6. The van der Waals surface area contributed by atoms with Crippen molar-refractivity contribution in [2.24, 2.45) is 0 Å². The van der Waals surface area contributed by atoms with Gasteiger partial charge in [-0.25, -0.2) is 8.42 Å². The summed E-state index contributed by atoms with van der Waals surface area (Å²) in [5, 5.41) is 4.25. The van der Waals surface area contributed by atoms with Crippen molar-refractivity contribution in [3.63, 3.8) is 0 Å². The Bertz CT molecular complexity index is 1350.